The third kappa shape index (κ3) is 3.43. The molecule has 3 rings (SSSR count). The fourth-order valence-electron chi connectivity index (χ4n) is 2.68. The zero-order valence-corrected chi connectivity index (χ0v) is 14.0. The zero-order valence-electron chi connectivity index (χ0n) is 13.2. The highest BCUT2D eigenvalue weighted by atomic mass is 35.5. The van der Waals surface area contributed by atoms with Gasteiger partial charge in [0, 0.05) is 37.9 Å². The summed E-state index contributed by atoms with van der Waals surface area (Å²) in [5, 5.41) is 0.592. The van der Waals surface area contributed by atoms with Gasteiger partial charge in [-0.3, -0.25) is 4.79 Å². The monoisotopic (exact) mass is 349 g/mol. The molecule has 1 saturated heterocycles. The lowest BCUT2D eigenvalue weighted by Crippen LogP contribution is -2.49. The largest absolute Gasteiger partial charge is 0.494 e. The number of benzene rings is 1. The summed E-state index contributed by atoms with van der Waals surface area (Å²) < 4.78 is 18.6. The van der Waals surface area contributed by atoms with E-state index in [0.717, 1.165) is 5.82 Å². The third-order valence-corrected chi connectivity index (χ3v) is 4.22. The molecular formula is C17H17ClFN3O2. The fourth-order valence-corrected chi connectivity index (χ4v) is 2.79. The van der Waals surface area contributed by atoms with Crippen molar-refractivity contribution in [1.82, 2.24) is 9.88 Å². The molecule has 0 bridgehead atoms. The summed E-state index contributed by atoms with van der Waals surface area (Å²) in [6.07, 6.45) is 1.61. The van der Waals surface area contributed by atoms with Gasteiger partial charge in [-0.25, -0.2) is 9.37 Å². The number of pyridine rings is 1. The minimum atomic E-state index is -0.535. The summed E-state index contributed by atoms with van der Waals surface area (Å²) in [6.45, 7) is 2.44. The molecule has 1 aliphatic heterocycles. The number of hydrogen-bond donors (Lipinski definition) is 0. The summed E-state index contributed by atoms with van der Waals surface area (Å²) >= 11 is 5.84. The van der Waals surface area contributed by atoms with Gasteiger partial charge in [0.05, 0.1) is 12.1 Å². The van der Waals surface area contributed by atoms with E-state index >= 15 is 0 Å². The van der Waals surface area contributed by atoms with Gasteiger partial charge in [0.15, 0.2) is 11.6 Å². The molecule has 24 heavy (non-hydrogen) atoms. The van der Waals surface area contributed by atoms with Gasteiger partial charge < -0.3 is 14.5 Å². The molecule has 1 amide bonds. The summed E-state index contributed by atoms with van der Waals surface area (Å²) in [4.78, 5) is 20.6. The van der Waals surface area contributed by atoms with Crippen molar-refractivity contribution in [3.8, 4) is 5.75 Å². The Balaban J connectivity index is 1.64. The number of carbonyl (C=O) groups is 1. The summed E-state index contributed by atoms with van der Waals surface area (Å²) in [6, 6.07) is 7.92. The molecule has 1 fully saturated rings. The quantitative estimate of drug-likeness (QED) is 0.854. The Morgan fingerprint density at radius 1 is 1.21 bits per heavy atom. The number of methoxy groups -OCH3 is 1. The first-order valence-corrected chi connectivity index (χ1v) is 7.95. The number of amides is 1. The van der Waals surface area contributed by atoms with E-state index in [0.29, 0.717) is 36.8 Å². The van der Waals surface area contributed by atoms with Crippen LogP contribution in [0.1, 0.15) is 10.4 Å². The predicted octanol–water partition coefficient (Wildman–Crippen LogP) is 2.85. The second-order valence-corrected chi connectivity index (χ2v) is 5.90. The van der Waals surface area contributed by atoms with E-state index in [1.807, 2.05) is 6.07 Å². The molecular weight excluding hydrogens is 333 g/mol. The second-order valence-electron chi connectivity index (χ2n) is 5.46. The molecule has 1 aliphatic rings. The number of halogens is 2. The maximum atomic E-state index is 13.8. The first kappa shape index (κ1) is 16.5. The van der Waals surface area contributed by atoms with E-state index < -0.39 is 5.82 Å². The van der Waals surface area contributed by atoms with E-state index in [4.69, 9.17) is 16.3 Å². The van der Waals surface area contributed by atoms with Gasteiger partial charge in [0.25, 0.3) is 5.91 Å². The minimum absolute atomic E-state index is 0.130. The van der Waals surface area contributed by atoms with E-state index in [9.17, 15) is 9.18 Å². The van der Waals surface area contributed by atoms with Gasteiger partial charge in [0.1, 0.15) is 5.82 Å². The number of anilines is 1. The van der Waals surface area contributed by atoms with Crippen LogP contribution in [0.5, 0.6) is 5.75 Å². The first-order valence-electron chi connectivity index (χ1n) is 7.58. The van der Waals surface area contributed by atoms with Crippen LogP contribution in [0.4, 0.5) is 10.2 Å². The number of piperazine rings is 1. The standard InChI is InChI=1S/C17H17ClFN3O2/c1-24-15-4-2-12(10-14(15)19)17(23)22-8-6-21(7-9-22)16-5-3-13(18)11-20-16/h2-5,10-11H,6-9H2,1H3. The average molecular weight is 350 g/mol. The van der Waals surface area contributed by atoms with E-state index in [1.165, 1.54) is 19.2 Å². The molecule has 0 spiro atoms. The molecule has 1 aromatic carbocycles. The van der Waals surface area contributed by atoms with Gasteiger partial charge in [-0.2, -0.15) is 0 Å². The predicted molar refractivity (Wildman–Crippen MR) is 90.3 cm³/mol. The number of aromatic nitrogens is 1. The lowest BCUT2D eigenvalue weighted by atomic mass is 10.1. The summed E-state index contributed by atoms with van der Waals surface area (Å²) in [5.41, 5.74) is 0.325. The molecule has 0 atom stereocenters. The molecule has 5 nitrogen and oxygen atoms in total. The van der Waals surface area contributed by atoms with Crippen LogP contribution in [-0.4, -0.2) is 49.1 Å². The Bertz CT molecular complexity index is 731. The van der Waals surface area contributed by atoms with Crippen LogP contribution in [0.3, 0.4) is 0 Å². The summed E-state index contributed by atoms with van der Waals surface area (Å²) in [5.74, 6) is 0.250. The number of hydrogen-bond acceptors (Lipinski definition) is 4. The van der Waals surface area contributed by atoms with Crippen molar-refractivity contribution in [2.45, 2.75) is 0 Å². The van der Waals surface area contributed by atoms with E-state index in [2.05, 4.69) is 9.88 Å². The highest BCUT2D eigenvalue weighted by Gasteiger charge is 2.23. The number of carbonyl (C=O) groups excluding carboxylic acids is 1. The maximum absolute atomic E-state index is 13.8. The Kier molecular flexibility index (Phi) is 4.85. The first-order chi connectivity index (χ1) is 11.6. The molecule has 2 aromatic rings. The van der Waals surface area contributed by atoms with Crippen LogP contribution in [0.2, 0.25) is 5.02 Å². The fraction of sp³-hybridized carbons (Fsp3) is 0.294. The van der Waals surface area contributed by atoms with Gasteiger partial charge in [-0.15, -0.1) is 0 Å². The van der Waals surface area contributed by atoms with Crippen LogP contribution in [-0.2, 0) is 0 Å². The molecule has 0 N–H and O–H groups in total. The van der Waals surface area contributed by atoms with Crippen molar-refractivity contribution < 1.29 is 13.9 Å². The lowest BCUT2D eigenvalue weighted by Gasteiger charge is -2.35. The third-order valence-electron chi connectivity index (χ3n) is 4.00. The van der Waals surface area contributed by atoms with E-state index in [-0.39, 0.29) is 11.7 Å². The zero-order chi connectivity index (χ0) is 17.1. The van der Waals surface area contributed by atoms with Crippen molar-refractivity contribution in [3.63, 3.8) is 0 Å². The van der Waals surface area contributed by atoms with Crippen molar-refractivity contribution in [2.75, 3.05) is 38.2 Å². The Hall–Kier alpha value is -2.34. The van der Waals surface area contributed by atoms with Crippen LogP contribution >= 0.6 is 11.6 Å². The Morgan fingerprint density at radius 2 is 1.96 bits per heavy atom. The van der Waals surface area contributed by atoms with E-state index in [1.54, 1.807) is 23.2 Å². The van der Waals surface area contributed by atoms with Crippen molar-refractivity contribution >= 4 is 23.3 Å². The highest BCUT2D eigenvalue weighted by Crippen LogP contribution is 2.20. The molecule has 1 aromatic heterocycles. The number of rotatable bonds is 3. The number of ether oxygens (including phenoxy) is 1. The molecule has 0 saturated carbocycles. The van der Waals surface area contributed by atoms with Gasteiger partial charge in [0.2, 0.25) is 0 Å². The highest BCUT2D eigenvalue weighted by molar-refractivity contribution is 6.30. The van der Waals surface area contributed by atoms with Crippen molar-refractivity contribution in [2.24, 2.45) is 0 Å². The summed E-state index contributed by atoms with van der Waals surface area (Å²) in [7, 11) is 1.39. The van der Waals surface area contributed by atoms with Gasteiger partial charge >= 0.3 is 0 Å². The van der Waals surface area contributed by atoms with Crippen molar-refractivity contribution in [3.05, 3.63) is 52.9 Å². The normalized spacial score (nSPS) is 14.6. The van der Waals surface area contributed by atoms with Gasteiger partial charge in [-0.05, 0) is 30.3 Å². The molecule has 0 radical (unpaired) electrons. The second kappa shape index (κ2) is 7.05. The molecule has 7 heteroatoms. The maximum Gasteiger partial charge on any atom is 0.254 e. The Labute approximate surface area is 144 Å². The average Bonchev–Trinajstić information content (AvgIpc) is 2.62. The Morgan fingerprint density at radius 3 is 2.54 bits per heavy atom. The minimum Gasteiger partial charge on any atom is -0.494 e. The van der Waals surface area contributed by atoms with Gasteiger partial charge in [-0.1, -0.05) is 11.6 Å². The van der Waals surface area contributed by atoms with Crippen LogP contribution in [0.25, 0.3) is 0 Å². The molecule has 0 aliphatic carbocycles. The van der Waals surface area contributed by atoms with Crippen molar-refractivity contribution in [1.29, 1.82) is 0 Å². The van der Waals surface area contributed by atoms with Crippen LogP contribution in [0.15, 0.2) is 36.5 Å². The topological polar surface area (TPSA) is 45.7 Å². The molecule has 2 heterocycles. The van der Waals surface area contributed by atoms with Crippen LogP contribution in [0, 0.1) is 5.82 Å². The molecule has 0 unspecified atom stereocenters. The number of nitrogens with zero attached hydrogens (tertiary/aromatic N) is 3. The lowest BCUT2D eigenvalue weighted by molar-refractivity contribution is 0.0746. The smallest absolute Gasteiger partial charge is 0.254 e. The molecule has 126 valence electrons. The SMILES string of the molecule is COc1ccc(C(=O)N2CCN(c3ccc(Cl)cn3)CC2)cc1F. The van der Waals surface area contributed by atoms with Crippen LogP contribution < -0.4 is 9.64 Å².